The minimum atomic E-state index is -4.36. The molecule has 18 heteroatoms. The van der Waals surface area contributed by atoms with Gasteiger partial charge in [0.2, 0.25) is 17.7 Å². The van der Waals surface area contributed by atoms with Crippen molar-refractivity contribution in [2.24, 2.45) is 5.92 Å². The number of hydrogen-bond acceptors (Lipinski definition) is 11. The lowest BCUT2D eigenvalue weighted by Crippen LogP contribution is -2.60. The summed E-state index contributed by atoms with van der Waals surface area (Å²) in [5.41, 5.74) is -0.295. The van der Waals surface area contributed by atoms with E-state index < -0.39 is 86.9 Å². The van der Waals surface area contributed by atoms with Crippen LogP contribution in [0.3, 0.4) is 0 Å². The van der Waals surface area contributed by atoms with E-state index in [1.54, 1.807) is 88.5 Å². The molecule has 356 valence electrons. The first-order valence-corrected chi connectivity index (χ1v) is 23.8. The average Bonchev–Trinajstić information content (AvgIpc) is 3.89. The van der Waals surface area contributed by atoms with Crippen molar-refractivity contribution in [1.82, 2.24) is 30.1 Å². The number of nitrogens with one attached hydrogen (secondary N) is 3. The molecule has 5 aromatic rings. The SMILES string of the molecule is C=C[C@@H]1C[C@]1(NC(=O)[C@@H]1C[C@@H](Oc2cc(-c3ccccc3)nc3cc(OC)ccc23)CN1C(=O)[C@H](CN(C)C(=O)C(Cl)c1ccccc1)NC(=O)OC(C)(C)C)C(=O)NS(=O)(=O)c1ccccc1. The monoisotopic (exact) mass is 964 g/mol. The van der Waals surface area contributed by atoms with Crippen LogP contribution >= 0.6 is 11.6 Å². The molecule has 16 nitrogen and oxygen atoms in total. The van der Waals surface area contributed by atoms with E-state index in [1.165, 1.54) is 47.2 Å². The van der Waals surface area contributed by atoms with Crippen molar-refractivity contribution in [2.75, 3.05) is 27.2 Å². The van der Waals surface area contributed by atoms with Gasteiger partial charge in [0.1, 0.15) is 46.2 Å². The summed E-state index contributed by atoms with van der Waals surface area (Å²) in [6.07, 6.45) is -0.507. The number of alkyl halides is 1. The third-order valence-electron chi connectivity index (χ3n) is 11.7. The molecule has 3 N–H and O–H groups in total. The minimum Gasteiger partial charge on any atom is -0.497 e. The number of amides is 5. The number of halogens is 1. The van der Waals surface area contributed by atoms with E-state index >= 15 is 4.79 Å². The van der Waals surface area contributed by atoms with Crippen molar-refractivity contribution in [3.63, 3.8) is 0 Å². The summed E-state index contributed by atoms with van der Waals surface area (Å²) in [6.45, 7) is 8.13. The molecule has 1 saturated heterocycles. The van der Waals surface area contributed by atoms with E-state index in [0.717, 1.165) is 5.56 Å². The van der Waals surface area contributed by atoms with Gasteiger partial charge in [-0.05, 0) is 57.0 Å². The second-order valence-corrected chi connectivity index (χ2v) is 19.8. The van der Waals surface area contributed by atoms with E-state index in [2.05, 4.69) is 21.9 Å². The summed E-state index contributed by atoms with van der Waals surface area (Å²) in [5, 5.41) is 4.86. The highest BCUT2D eigenvalue weighted by Gasteiger charge is 2.61. The van der Waals surface area contributed by atoms with Gasteiger partial charge in [-0.2, -0.15) is 0 Å². The highest BCUT2D eigenvalue weighted by Crippen LogP contribution is 2.45. The number of carbonyl (C=O) groups excluding carboxylic acids is 5. The predicted octanol–water partition coefficient (Wildman–Crippen LogP) is 6.16. The molecular weight excluding hydrogens is 912 g/mol. The number of rotatable bonds is 16. The zero-order chi connectivity index (χ0) is 49.0. The molecule has 2 aliphatic rings. The maximum Gasteiger partial charge on any atom is 0.408 e. The van der Waals surface area contributed by atoms with Gasteiger partial charge in [-0.15, -0.1) is 18.2 Å². The lowest BCUT2D eigenvalue weighted by molar-refractivity contribution is -0.142. The normalized spacial score (nSPS) is 19.7. The Labute approximate surface area is 400 Å². The van der Waals surface area contributed by atoms with Crippen LogP contribution in [0.25, 0.3) is 22.2 Å². The summed E-state index contributed by atoms with van der Waals surface area (Å²) in [7, 11) is -1.39. The third kappa shape index (κ3) is 11.1. The maximum atomic E-state index is 15.1. The molecule has 4 aromatic carbocycles. The maximum absolute atomic E-state index is 15.1. The first kappa shape index (κ1) is 48.9. The van der Waals surface area contributed by atoms with Crippen LogP contribution in [0, 0.1) is 5.92 Å². The molecule has 2 fully saturated rings. The molecule has 1 aliphatic heterocycles. The van der Waals surface area contributed by atoms with Gasteiger partial charge in [0.25, 0.3) is 15.9 Å². The zero-order valence-corrected chi connectivity index (χ0v) is 39.8. The number of sulfonamides is 1. The molecule has 0 bridgehead atoms. The van der Waals surface area contributed by atoms with Gasteiger partial charge in [-0.1, -0.05) is 84.9 Å². The van der Waals surface area contributed by atoms with E-state index in [-0.39, 0.29) is 24.3 Å². The summed E-state index contributed by atoms with van der Waals surface area (Å²) in [5.74, 6) is -2.89. The topological polar surface area (TPSA) is 203 Å². The van der Waals surface area contributed by atoms with Crippen molar-refractivity contribution >= 4 is 62.2 Å². The Morgan fingerprint density at radius 3 is 2.22 bits per heavy atom. The van der Waals surface area contributed by atoms with Gasteiger partial charge in [-0.3, -0.25) is 19.2 Å². The molecule has 5 amide bonds. The number of nitrogens with zero attached hydrogens (tertiary/aromatic N) is 3. The van der Waals surface area contributed by atoms with Crippen LogP contribution in [0.1, 0.15) is 44.6 Å². The second-order valence-electron chi connectivity index (χ2n) is 17.7. The van der Waals surface area contributed by atoms with Gasteiger partial charge >= 0.3 is 6.09 Å². The number of aromatic nitrogens is 1. The highest BCUT2D eigenvalue weighted by molar-refractivity contribution is 7.90. The number of fused-ring (bicyclic) bond motifs is 1. The van der Waals surface area contributed by atoms with Gasteiger partial charge in [0.15, 0.2) is 0 Å². The molecule has 1 aromatic heterocycles. The molecular formula is C50H53ClN6O10S. The minimum absolute atomic E-state index is 0.0183. The summed E-state index contributed by atoms with van der Waals surface area (Å²) < 4.78 is 46.5. The molecule has 6 atom stereocenters. The molecule has 1 saturated carbocycles. The van der Waals surface area contributed by atoms with Crippen molar-refractivity contribution in [1.29, 1.82) is 0 Å². The molecule has 0 spiro atoms. The molecule has 2 heterocycles. The standard InChI is InChI=1S/C50H53ClN6O10S/c1-7-33-28-50(33,47(61)55-68(63,64)36-21-15-10-16-22-36)54-44(58)41-26-35(66-42-27-38(31-17-11-8-12-18-31)52-39-25-34(65-6)23-24-37(39)42)29-57(41)45(59)40(53-48(62)67-49(2,3)4)30-56(5)46(60)43(51)32-19-13-9-14-20-32/h7-25,27,33,35,40-41,43H,1,26,28-30H2,2-6H3,(H,53,62)(H,54,58)(H,55,61)/t33-,35-,40+,41+,43?,50-/m1/s1. The zero-order valence-electron chi connectivity index (χ0n) is 38.2. The lowest BCUT2D eigenvalue weighted by atomic mass is 10.1. The first-order chi connectivity index (χ1) is 32.3. The van der Waals surface area contributed by atoms with Gasteiger partial charge < -0.3 is 34.6 Å². The number of benzene rings is 4. The Morgan fingerprint density at radius 1 is 0.956 bits per heavy atom. The first-order valence-electron chi connectivity index (χ1n) is 21.8. The fourth-order valence-electron chi connectivity index (χ4n) is 8.08. The molecule has 1 unspecified atom stereocenters. The van der Waals surface area contributed by atoms with Crippen molar-refractivity contribution < 1.29 is 46.6 Å². The lowest BCUT2D eigenvalue weighted by Gasteiger charge is -2.32. The quantitative estimate of drug-likeness (QED) is 0.0756. The Kier molecular flexibility index (Phi) is 14.5. The Morgan fingerprint density at radius 2 is 1.60 bits per heavy atom. The van der Waals surface area contributed by atoms with Crippen LogP contribution in [0.4, 0.5) is 4.79 Å². The third-order valence-corrected chi connectivity index (χ3v) is 13.4. The predicted molar refractivity (Wildman–Crippen MR) is 255 cm³/mol. The molecule has 0 radical (unpaired) electrons. The summed E-state index contributed by atoms with van der Waals surface area (Å²) in [6, 6.07) is 29.5. The number of hydrogen-bond donors (Lipinski definition) is 3. The highest BCUT2D eigenvalue weighted by atomic mass is 35.5. The molecule has 1 aliphatic carbocycles. The van der Waals surface area contributed by atoms with Crippen LogP contribution in [0.15, 0.2) is 133 Å². The van der Waals surface area contributed by atoms with Gasteiger partial charge in [0, 0.05) is 49.0 Å². The van der Waals surface area contributed by atoms with Crippen molar-refractivity contribution in [3.8, 4) is 22.8 Å². The van der Waals surface area contributed by atoms with Crippen LogP contribution in [-0.2, 0) is 33.9 Å². The Hall–Kier alpha value is -6.98. The van der Waals surface area contributed by atoms with Crippen LogP contribution in [-0.4, -0.2) is 109 Å². The van der Waals surface area contributed by atoms with Crippen molar-refractivity contribution in [2.45, 2.75) is 73.2 Å². The molecule has 68 heavy (non-hydrogen) atoms. The van der Waals surface area contributed by atoms with Crippen LogP contribution < -0.4 is 24.8 Å². The van der Waals surface area contributed by atoms with Crippen LogP contribution in [0.5, 0.6) is 11.5 Å². The smallest absolute Gasteiger partial charge is 0.408 e. The van der Waals surface area contributed by atoms with Crippen molar-refractivity contribution in [3.05, 3.63) is 133 Å². The largest absolute Gasteiger partial charge is 0.497 e. The van der Waals surface area contributed by atoms with E-state index in [0.29, 0.717) is 33.7 Å². The van der Waals surface area contributed by atoms with E-state index in [4.69, 9.17) is 30.8 Å². The average molecular weight is 966 g/mol. The van der Waals surface area contributed by atoms with E-state index in [9.17, 15) is 27.6 Å². The van der Waals surface area contributed by atoms with E-state index in [1.807, 2.05) is 30.3 Å². The number of ether oxygens (including phenoxy) is 3. The number of likely N-dealkylation sites (N-methyl/N-ethyl adjacent to an activating group) is 1. The number of pyridine rings is 1. The van der Waals surface area contributed by atoms with Gasteiger partial charge in [-0.25, -0.2) is 22.9 Å². The number of likely N-dealkylation sites (tertiary alicyclic amines) is 1. The number of methoxy groups -OCH3 is 1. The number of carbonyl (C=O) groups is 5. The summed E-state index contributed by atoms with van der Waals surface area (Å²) >= 11 is 6.64. The summed E-state index contributed by atoms with van der Waals surface area (Å²) in [4.78, 5) is 78.2. The molecule has 7 rings (SSSR count). The van der Waals surface area contributed by atoms with Crippen LogP contribution in [0.2, 0.25) is 0 Å². The second kappa shape index (κ2) is 20.1. The Balaban J connectivity index is 1.24. The fourth-order valence-corrected chi connectivity index (χ4v) is 9.45. The Bertz CT molecular complexity index is 2810. The number of alkyl carbamates (subject to hydrolysis) is 1. The van der Waals surface area contributed by atoms with Gasteiger partial charge in [0.05, 0.1) is 29.8 Å². The fraction of sp³-hybridized carbons (Fsp3) is 0.320.